The largest absolute Gasteiger partial charge is 0.339 e. The van der Waals surface area contributed by atoms with Gasteiger partial charge in [0.1, 0.15) is 0 Å². The number of carbonyl (C=O) groups excluding carboxylic acids is 2. The topological polar surface area (TPSA) is 65.5 Å². The maximum absolute atomic E-state index is 13.5. The van der Waals surface area contributed by atoms with E-state index in [2.05, 4.69) is 29.0 Å². The first kappa shape index (κ1) is 20.3. The second-order valence-electron chi connectivity index (χ2n) is 10.5. The van der Waals surface area contributed by atoms with Crippen LogP contribution in [0, 0.1) is 23.2 Å². The van der Waals surface area contributed by atoms with Gasteiger partial charge in [0.05, 0.1) is 22.7 Å². The number of rotatable bonds is 4. The summed E-state index contributed by atoms with van der Waals surface area (Å²) in [5.41, 5.74) is 0.852. The Bertz CT molecular complexity index is 777. The molecule has 1 aromatic heterocycles. The van der Waals surface area contributed by atoms with E-state index in [0.717, 1.165) is 47.7 Å². The van der Waals surface area contributed by atoms with Crippen molar-refractivity contribution in [2.75, 3.05) is 26.2 Å². The number of amides is 3. The molecule has 6 nitrogen and oxygen atoms in total. The Kier molecular flexibility index (Phi) is 5.28. The first-order valence-electron chi connectivity index (χ1n) is 11.7. The fraction of sp³-hybridized carbons (Fsp3) is 0.783. The van der Waals surface area contributed by atoms with E-state index >= 15 is 0 Å². The molecule has 1 saturated heterocycles. The van der Waals surface area contributed by atoms with E-state index in [4.69, 9.17) is 0 Å². The molecular formula is C23H34N4O2S. The lowest BCUT2D eigenvalue weighted by Gasteiger charge is -2.57. The van der Waals surface area contributed by atoms with E-state index in [1.54, 1.807) is 11.3 Å². The van der Waals surface area contributed by atoms with Gasteiger partial charge < -0.3 is 15.1 Å². The van der Waals surface area contributed by atoms with Gasteiger partial charge in [0.25, 0.3) is 0 Å². The van der Waals surface area contributed by atoms with E-state index in [-0.39, 0.29) is 11.4 Å². The molecule has 5 aliphatic rings. The number of hydrogen-bond donors (Lipinski definition) is 1. The van der Waals surface area contributed by atoms with E-state index in [1.165, 1.54) is 19.3 Å². The fourth-order valence-corrected chi connectivity index (χ4v) is 7.60. The van der Waals surface area contributed by atoms with Crippen molar-refractivity contribution in [2.45, 2.75) is 64.8 Å². The average Bonchev–Trinajstić information content (AvgIpc) is 3.20. The minimum absolute atomic E-state index is 0.0454. The highest BCUT2D eigenvalue weighted by Crippen LogP contribution is 2.60. The van der Waals surface area contributed by atoms with Crippen LogP contribution in [0.3, 0.4) is 0 Å². The number of piperazine rings is 1. The van der Waals surface area contributed by atoms with Gasteiger partial charge in [0.2, 0.25) is 5.91 Å². The molecule has 4 bridgehead atoms. The molecule has 0 atom stereocenters. The predicted octanol–water partition coefficient (Wildman–Crippen LogP) is 3.84. The van der Waals surface area contributed by atoms with Gasteiger partial charge in [-0.1, -0.05) is 13.8 Å². The minimum Gasteiger partial charge on any atom is -0.339 e. The SMILES string of the molecule is CC(C)c1nc(CNC(=O)N2CCN(C(=O)C34CC5CC(CC(C5)C3)C4)CC2)cs1. The lowest BCUT2D eigenvalue weighted by Crippen LogP contribution is -2.59. The normalized spacial score (nSPS) is 32.7. The molecule has 5 fully saturated rings. The van der Waals surface area contributed by atoms with Crippen LogP contribution in [0.25, 0.3) is 0 Å². The summed E-state index contributed by atoms with van der Waals surface area (Å²) < 4.78 is 0. The number of nitrogens with zero attached hydrogens (tertiary/aromatic N) is 3. The van der Waals surface area contributed by atoms with Crippen molar-refractivity contribution in [3.8, 4) is 0 Å². The molecule has 164 valence electrons. The third kappa shape index (κ3) is 3.74. The van der Waals surface area contributed by atoms with Crippen molar-refractivity contribution in [3.05, 3.63) is 16.1 Å². The van der Waals surface area contributed by atoms with Crippen LogP contribution in [0.5, 0.6) is 0 Å². The quantitative estimate of drug-likeness (QED) is 0.789. The Balaban J connectivity index is 1.13. The number of nitrogens with one attached hydrogen (secondary N) is 1. The maximum Gasteiger partial charge on any atom is 0.317 e. The zero-order chi connectivity index (χ0) is 20.9. The predicted molar refractivity (Wildman–Crippen MR) is 117 cm³/mol. The van der Waals surface area contributed by atoms with Gasteiger partial charge in [-0.15, -0.1) is 11.3 Å². The zero-order valence-electron chi connectivity index (χ0n) is 18.2. The molecular weight excluding hydrogens is 396 g/mol. The average molecular weight is 431 g/mol. The lowest BCUT2D eigenvalue weighted by molar-refractivity contribution is -0.159. The second kappa shape index (κ2) is 7.81. The summed E-state index contributed by atoms with van der Waals surface area (Å²) in [5.74, 6) is 3.17. The molecule has 1 aromatic rings. The number of carbonyl (C=O) groups is 2. The fourth-order valence-electron chi connectivity index (χ4n) is 6.77. The first-order valence-corrected chi connectivity index (χ1v) is 12.6. The van der Waals surface area contributed by atoms with Crippen LogP contribution < -0.4 is 5.32 Å². The highest BCUT2D eigenvalue weighted by atomic mass is 32.1. The molecule has 1 N–H and O–H groups in total. The van der Waals surface area contributed by atoms with Crippen LogP contribution in [0.4, 0.5) is 4.79 Å². The summed E-state index contributed by atoms with van der Waals surface area (Å²) in [4.78, 5) is 34.6. The molecule has 0 unspecified atom stereocenters. The first-order chi connectivity index (χ1) is 14.4. The molecule has 7 heteroatoms. The molecule has 1 aliphatic heterocycles. The number of thiazole rings is 1. The molecule has 0 aromatic carbocycles. The van der Waals surface area contributed by atoms with Gasteiger partial charge in [0.15, 0.2) is 0 Å². The summed E-state index contributed by atoms with van der Waals surface area (Å²) in [7, 11) is 0. The van der Waals surface area contributed by atoms with Crippen LogP contribution in [-0.2, 0) is 11.3 Å². The van der Waals surface area contributed by atoms with Crippen LogP contribution >= 0.6 is 11.3 Å². The lowest BCUT2D eigenvalue weighted by atomic mass is 9.49. The van der Waals surface area contributed by atoms with Crippen LogP contribution in [-0.4, -0.2) is 52.9 Å². The third-order valence-electron chi connectivity index (χ3n) is 7.83. The van der Waals surface area contributed by atoms with Gasteiger partial charge in [-0.05, 0) is 56.3 Å². The number of hydrogen-bond acceptors (Lipinski definition) is 4. The number of aromatic nitrogens is 1. The van der Waals surface area contributed by atoms with Crippen LogP contribution in [0.15, 0.2) is 5.38 Å². The molecule has 2 heterocycles. The summed E-state index contributed by atoms with van der Waals surface area (Å²) in [6.07, 6.45) is 7.42. The highest BCUT2D eigenvalue weighted by molar-refractivity contribution is 7.09. The Morgan fingerprint density at radius 2 is 1.63 bits per heavy atom. The molecule has 4 saturated carbocycles. The summed E-state index contributed by atoms with van der Waals surface area (Å²) in [5, 5.41) is 6.13. The van der Waals surface area contributed by atoms with Crippen molar-refractivity contribution < 1.29 is 9.59 Å². The third-order valence-corrected chi connectivity index (χ3v) is 9.02. The van der Waals surface area contributed by atoms with Gasteiger partial charge >= 0.3 is 6.03 Å². The molecule has 0 spiro atoms. The molecule has 6 rings (SSSR count). The highest BCUT2D eigenvalue weighted by Gasteiger charge is 2.55. The van der Waals surface area contributed by atoms with E-state index in [1.807, 2.05) is 10.3 Å². The standard InChI is InChI=1S/C23H34N4O2S/c1-15(2)20-25-19(14-30-20)13-24-22(29)27-5-3-26(4-6-27)21(28)23-10-16-7-17(11-23)9-18(8-16)12-23/h14-18H,3-13H2,1-2H3,(H,24,29). The van der Waals surface area contributed by atoms with Gasteiger partial charge in [-0.3, -0.25) is 4.79 Å². The minimum atomic E-state index is -0.0715. The van der Waals surface area contributed by atoms with Crippen molar-refractivity contribution in [3.63, 3.8) is 0 Å². The Labute approximate surface area is 183 Å². The van der Waals surface area contributed by atoms with Crippen LogP contribution in [0.2, 0.25) is 0 Å². The van der Waals surface area contributed by atoms with Crippen molar-refractivity contribution >= 4 is 23.3 Å². The Hall–Kier alpha value is -1.63. The molecule has 0 radical (unpaired) electrons. The monoisotopic (exact) mass is 430 g/mol. The van der Waals surface area contributed by atoms with Crippen molar-refractivity contribution in [1.82, 2.24) is 20.1 Å². The maximum atomic E-state index is 13.5. The summed E-state index contributed by atoms with van der Waals surface area (Å²) in [6, 6.07) is -0.0454. The van der Waals surface area contributed by atoms with Gasteiger partial charge in [-0.2, -0.15) is 0 Å². The van der Waals surface area contributed by atoms with Gasteiger partial charge in [-0.25, -0.2) is 9.78 Å². The Morgan fingerprint density at radius 3 is 2.17 bits per heavy atom. The van der Waals surface area contributed by atoms with Crippen molar-refractivity contribution in [2.24, 2.45) is 23.2 Å². The smallest absolute Gasteiger partial charge is 0.317 e. The van der Waals surface area contributed by atoms with Gasteiger partial charge in [0, 0.05) is 37.5 Å². The molecule has 30 heavy (non-hydrogen) atoms. The van der Waals surface area contributed by atoms with E-state index in [9.17, 15) is 9.59 Å². The molecule has 3 amide bonds. The van der Waals surface area contributed by atoms with E-state index in [0.29, 0.717) is 44.5 Å². The second-order valence-corrected chi connectivity index (χ2v) is 11.4. The zero-order valence-corrected chi connectivity index (χ0v) is 19.0. The Morgan fingerprint density at radius 1 is 1.07 bits per heavy atom. The van der Waals surface area contributed by atoms with Crippen LogP contribution in [0.1, 0.15) is 69.0 Å². The van der Waals surface area contributed by atoms with Crippen molar-refractivity contribution in [1.29, 1.82) is 0 Å². The van der Waals surface area contributed by atoms with E-state index < -0.39 is 0 Å². The summed E-state index contributed by atoms with van der Waals surface area (Å²) >= 11 is 1.65. The summed E-state index contributed by atoms with van der Waals surface area (Å²) in [6.45, 7) is 7.31. The molecule has 4 aliphatic carbocycles. The number of urea groups is 1.